The van der Waals surface area contributed by atoms with E-state index in [0.29, 0.717) is 24.3 Å². The van der Waals surface area contributed by atoms with Gasteiger partial charge in [0.15, 0.2) is 5.60 Å². The lowest BCUT2D eigenvalue weighted by atomic mass is 9.72. The van der Waals surface area contributed by atoms with Crippen molar-refractivity contribution in [2.45, 2.75) is 81.0 Å². The number of hydrogen-bond donors (Lipinski definition) is 5. The van der Waals surface area contributed by atoms with Crippen LogP contribution in [-0.2, 0) is 12.8 Å². The van der Waals surface area contributed by atoms with Crippen LogP contribution in [0.3, 0.4) is 0 Å². The van der Waals surface area contributed by atoms with Gasteiger partial charge in [-0.15, -0.1) is 0 Å². The molecule has 0 heterocycles. The lowest BCUT2D eigenvalue weighted by molar-refractivity contribution is -0.252. The molecule has 192 valence electrons. The maximum absolute atomic E-state index is 13.0. The van der Waals surface area contributed by atoms with Crippen LogP contribution in [0.15, 0.2) is 42.5 Å². The smallest absolute Gasteiger partial charge is 0.396 e. The second kappa shape index (κ2) is 9.82. The molecule has 2 aromatic carbocycles. The molecule has 2 aliphatic carbocycles. The molecule has 2 aromatic rings. The zero-order valence-corrected chi connectivity index (χ0v) is 19.6. The third-order valence-corrected chi connectivity index (χ3v) is 7.58. The molecule has 4 rings (SSSR count). The first kappa shape index (κ1) is 26.1. The van der Waals surface area contributed by atoms with E-state index in [1.54, 1.807) is 24.3 Å². The van der Waals surface area contributed by atoms with Crippen LogP contribution < -0.4 is 0 Å². The Labute approximate surface area is 202 Å². The highest BCUT2D eigenvalue weighted by molar-refractivity contribution is 5.42. The van der Waals surface area contributed by atoms with Crippen LogP contribution in [0.5, 0.6) is 0 Å². The standard InChI is InChI=1S/C27H33F3O5/c1-26(35,27(28,29)30)13-16-4-2-15(3-5-16)10-19-11-18(8-9-21(19)17-6-7-17)22-12-20(14-31)23(32)25(34)24(22)33/h2-5,8-9,11,17,20,22-25,31-35H,6-7,10,12-14H2,1H3/t20-,22+,23-,24+,25+,26?/m1/s1. The molecule has 1 unspecified atom stereocenters. The van der Waals surface area contributed by atoms with Gasteiger partial charge in [0.2, 0.25) is 0 Å². The van der Waals surface area contributed by atoms with Crippen LogP contribution in [0.2, 0.25) is 0 Å². The summed E-state index contributed by atoms with van der Waals surface area (Å²) >= 11 is 0. The number of halogens is 3. The first-order valence-corrected chi connectivity index (χ1v) is 12.1. The SMILES string of the molecule is CC(O)(Cc1ccc(Cc2cc([C@@H]3C[C@H](CO)[C@@H](O)[C@H](O)[C@H]3O)ccc2C2CC2)cc1)C(F)(F)F. The Hall–Kier alpha value is -1.97. The van der Waals surface area contributed by atoms with Gasteiger partial charge < -0.3 is 25.5 Å². The Kier molecular flexibility index (Phi) is 7.33. The van der Waals surface area contributed by atoms with Gasteiger partial charge in [0.05, 0.1) is 12.2 Å². The highest BCUT2D eigenvalue weighted by atomic mass is 19.4. The minimum absolute atomic E-state index is 0.290. The van der Waals surface area contributed by atoms with E-state index in [2.05, 4.69) is 0 Å². The van der Waals surface area contributed by atoms with E-state index in [0.717, 1.165) is 36.5 Å². The summed E-state index contributed by atoms with van der Waals surface area (Å²) in [6.45, 7) is 0.479. The normalized spacial score (nSPS) is 29.1. The Bertz CT molecular complexity index is 1010. The van der Waals surface area contributed by atoms with Crippen LogP contribution in [0.25, 0.3) is 0 Å². The third-order valence-electron chi connectivity index (χ3n) is 7.58. The number of aliphatic hydroxyl groups excluding tert-OH is 4. The fourth-order valence-electron chi connectivity index (χ4n) is 5.13. The van der Waals surface area contributed by atoms with Gasteiger partial charge in [-0.2, -0.15) is 13.2 Å². The second-order valence-electron chi connectivity index (χ2n) is 10.4. The first-order chi connectivity index (χ1) is 16.4. The van der Waals surface area contributed by atoms with Crippen molar-refractivity contribution in [1.82, 2.24) is 0 Å². The molecule has 2 aliphatic rings. The molecule has 0 aliphatic heterocycles. The predicted molar refractivity (Wildman–Crippen MR) is 124 cm³/mol. The molecule has 0 spiro atoms. The summed E-state index contributed by atoms with van der Waals surface area (Å²) < 4.78 is 39.0. The Morgan fingerprint density at radius 1 is 0.886 bits per heavy atom. The quantitative estimate of drug-likeness (QED) is 0.407. The van der Waals surface area contributed by atoms with Gasteiger partial charge in [-0.1, -0.05) is 42.5 Å². The highest BCUT2D eigenvalue weighted by Gasteiger charge is 2.49. The van der Waals surface area contributed by atoms with Gasteiger partial charge >= 0.3 is 6.18 Å². The van der Waals surface area contributed by atoms with Gasteiger partial charge in [0.25, 0.3) is 0 Å². The zero-order chi connectivity index (χ0) is 25.5. The van der Waals surface area contributed by atoms with Crippen molar-refractivity contribution in [1.29, 1.82) is 0 Å². The van der Waals surface area contributed by atoms with Gasteiger partial charge in [-0.3, -0.25) is 0 Å². The first-order valence-electron chi connectivity index (χ1n) is 12.1. The topological polar surface area (TPSA) is 101 Å². The minimum atomic E-state index is -4.71. The second-order valence-corrected chi connectivity index (χ2v) is 10.4. The zero-order valence-electron chi connectivity index (χ0n) is 19.6. The monoisotopic (exact) mass is 494 g/mol. The molecule has 0 bridgehead atoms. The number of rotatable bonds is 7. The van der Waals surface area contributed by atoms with Crippen molar-refractivity contribution < 1.29 is 38.7 Å². The van der Waals surface area contributed by atoms with Crippen molar-refractivity contribution in [3.63, 3.8) is 0 Å². The van der Waals surface area contributed by atoms with Crippen LogP contribution >= 0.6 is 0 Å². The summed E-state index contributed by atoms with van der Waals surface area (Å²) in [6.07, 6.45) is -5.88. The molecular formula is C27H33F3O5. The summed E-state index contributed by atoms with van der Waals surface area (Å²) in [6, 6.07) is 12.7. The summed E-state index contributed by atoms with van der Waals surface area (Å²) in [5.41, 5.74) is 1.57. The van der Waals surface area contributed by atoms with E-state index in [1.807, 2.05) is 18.2 Å². The van der Waals surface area contributed by atoms with Crippen molar-refractivity contribution in [3.8, 4) is 0 Å². The lowest BCUT2D eigenvalue weighted by Crippen LogP contribution is -2.51. The molecule has 2 fully saturated rings. The fraction of sp³-hybridized carbons (Fsp3) is 0.556. The van der Waals surface area contributed by atoms with E-state index < -0.39 is 48.3 Å². The van der Waals surface area contributed by atoms with Crippen molar-refractivity contribution in [2.75, 3.05) is 6.61 Å². The molecule has 6 atom stereocenters. The molecule has 5 N–H and O–H groups in total. The van der Waals surface area contributed by atoms with Gasteiger partial charge in [-0.05, 0) is 66.3 Å². The van der Waals surface area contributed by atoms with Gasteiger partial charge in [0, 0.05) is 24.9 Å². The molecule has 0 radical (unpaired) electrons. The van der Waals surface area contributed by atoms with Gasteiger partial charge in [0.1, 0.15) is 6.10 Å². The number of alkyl halides is 3. The van der Waals surface area contributed by atoms with Crippen molar-refractivity contribution >= 4 is 0 Å². The number of hydrogen-bond acceptors (Lipinski definition) is 5. The van der Waals surface area contributed by atoms with Gasteiger partial charge in [-0.25, -0.2) is 0 Å². The van der Waals surface area contributed by atoms with Crippen LogP contribution in [0.1, 0.15) is 65.8 Å². The van der Waals surface area contributed by atoms with Crippen LogP contribution in [-0.4, -0.2) is 62.2 Å². The van der Waals surface area contributed by atoms with E-state index in [9.17, 15) is 38.7 Å². The highest BCUT2D eigenvalue weighted by Crippen LogP contribution is 2.44. The number of benzene rings is 2. The largest absolute Gasteiger partial charge is 0.417 e. The van der Waals surface area contributed by atoms with E-state index in [-0.39, 0.29) is 6.61 Å². The fourth-order valence-corrected chi connectivity index (χ4v) is 5.13. The molecule has 2 saturated carbocycles. The summed E-state index contributed by atoms with van der Waals surface area (Å²) in [5.74, 6) is -0.523. The molecule has 0 aromatic heterocycles. The molecule has 0 saturated heterocycles. The average Bonchev–Trinajstić information content (AvgIpc) is 3.63. The van der Waals surface area contributed by atoms with E-state index >= 15 is 0 Å². The summed E-state index contributed by atoms with van der Waals surface area (Å²) in [7, 11) is 0. The maximum atomic E-state index is 13.0. The summed E-state index contributed by atoms with van der Waals surface area (Å²) in [4.78, 5) is 0. The maximum Gasteiger partial charge on any atom is 0.417 e. The molecule has 8 heteroatoms. The van der Waals surface area contributed by atoms with E-state index in [1.165, 1.54) is 5.56 Å². The van der Waals surface area contributed by atoms with Crippen molar-refractivity contribution in [2.24, 2.45) is 5.92 Å². The molecule has 5 nitrogen and oxygen atoms in total. The molecule has 0 amide bonds. The molecular weight excluding hydrogens is 461 g/mol. The average molecular weight is 495 g/mol. The minimum Gasteiger partial charge on any atom is -0.396 e. The third kappa shape index (κ3) is 5.57. The van der Waals surface area contributed by atoms with Crippen LogP contribution in [0.4, 0.5) is 13.2 Å². The van der Waals surface area contributed by atoms with Crippen molar-refractivity contribution in [3.05, 3.63) is 70.3 Å². The number of aliphatic hydroxyl groups is 5. The van der Waals surface area contributed by atoms with Crippen LogP contribution in [0, 0.1) is 5.92 Å². The predicted octanol–water partition coefficient (Wildman–Crippen LogP) is 3.19. The lowest BCUT2D eigenvalue weighted by Gasteiger charge is -2.40. The molecule has 35 heavy (non-hydrogen) atoms. The Morgan fingerprint density at radius 2 is 1.51 bits per heavy atom. The Morgan fingerprint density at radius 3 is 2.09 bits per heavy atom. The summed E-state index contributed by atoms with van der Waals surface area (Å²) in [5, 5.41) is 50.4. The Balaban J connectivity index is 1.56. The van der Waals surface area contributed by atoms with E-state index in [4.69, 9.17) is 0 Å².